The molecule has 0 aromatic carbocycles. The largest absolute Gasteiger partial charge is 0.387 e. The molecule has 16 heavy (non-hydrogen) atoms. The Morgan fingerprint density at radius 3 is 2.62 bits per heavy atom. The van der Waals surface area contributed by atoms with Crippen molar-refractivity contribution >= 4 is 11.6 Å². The number of carbonyl (C=O) groups is 1. The third-order valence-corrected chi connectivity index (χ3v) is 2.64. The maximum Gasteiger partial charge on any atom is 0.257 e. The van der Waals surface area contributed by atoms with E-state index in [2.05, 4.69) is 10.3 Å². The maximum absolute atomic E-state index is 12.1. The average molecular weight is 221 g/mol. The molecule has 1 heterocycles. The van der Waals surface area contributed by atoms with Gasteiger partial charge in [-0.05, 0) is 26.8 Å². The van der Waals surface area contributed by atoms with Gasteiger partial charge in [0, 0.05) is 32.0 Å². The minimum atomic E-state index is -0.00755. The van der Waals surface area contributed by atoms with Crippen LogP contribution in [0.3, 0.4) is 0 Å². The molecule has 0 bridgehead atoms. The van der Waals surface area contributed by atoms with Crippen LogP contribution in [0.2, 0.25) is 0 Å². The fourth-order valence-corrected chi connectivity index (χ4v) is 1.36. The Morgan fingerprint density at radius 2 is 2.12 bits per heavy atom. The molecule has 0 radical (unpaired) electrons. The van der Waals surface area contributed by atoms with Crippen LogP contribution in [-0.4, -0.2) is 35.9 Å². The summed E-state index contributed by atoms with van der Waals surface area (Å²) in [5, 5.41) is 3.02. The molecule has 0 aliphatic rings. The standard InChI is InChI=1S/C12H19N3O/c1-8(2)15(5)12(16)10-7-14-9(3)6-11(10)13-4/h6-8H,1-5H3,(H,13,14). The van der Waals surface area contributed by atoms with E-state index in [0.717, 1.165) is 11.4 Å². The highest BCUT2D eigenvalue weighted by atomic mass is 16.2. The summed E-state index contributed by atoms with van der Waals surface area (Å²) in [6, 6.07) is 2.06. The predicted octanol–water partition coefficient (Wildman–Crippen LogP) is 1.91. The van der Waals surface area contributed by atoms with Crippen molar-refractivity contribution in [1.29, 1.82) is 0 Å². The van der Waals surface area contributed by atoms with Crippen molar-refractivity contribution in [1.82, 2.24) is 9.88 Å². The molecule has 1 N–H and O–H groups in total. The number of amides is 1. The number of anilines is 1. The van der Waals surface area contributed by atoms with E-state index in [-0.39, 0.29) is 11.9 Å². The Labute approximate surface area is 96.7 Å². The minimum Gasteiger partial charge on any atom is -0.387 e. The van der Waals surface area contributed by atoms with Gasteiger partial charge in [-0.2, -0.15) is 0 Å². The summed E-state index contributed by atoms with van der Waals surface area (Å²) in [5.41, 5.74) is 2.34. The molecule has 88 valence electrons. The van der Waals surface area contributed by atoms with E-state index >= 15 is 0 Å². The Kier molecular flexibility index (Phi) is 3.88. The first kappa shape index (κ1) is 12.5. The zero-order chi connectivity index (χ0) is 12.3. The monoisotopic (exact) mass is 221 g/mol. The van der Waals surface area contributed by atoms with Crippen molar-refractivity contribution in [2.24, 2.45) is 0 Å². The van der Waals surface area contributed by atoms with Crippen LogP contribution < -0.4 is 5.32 Å². The molecule has 0 aliphatic carbocycles. The lowest BCUT2D eigenvalue weighted by Crippen LogP contribution is -2.33. The van der Waals surface area contributed by atoms with Crippen LogP contribution in [0.5, 0.6) is 0 Å². The van der Waals surface area contributed by atoms with E-state index < -0.39 is 0 Å². The molecule has 1 aromatic heterocycles. The van der Waals surface area contributed by atoms with Crippen LogP contribution in [0.25, 0.3) is 0 Å². The van der Waals surface area contributed by atoms with Gasteiger partial charge in [-0.15, -0.1) is 0 Å². The first-order valence-corrected chi connectivity index (χ1v) is 5.39. The van der Waals surface area contributed by atoms with Gasteiger partial charge in [0.1, 0.15) is 0 Å². The zero-order valence-electron chi connectivity index (χ0n) is 10.5. The summed E-state index contributed by atoms with van der Waals surface area (Å²) in [6.07, 6.45) is 1.63. The molecule has 0 saturated heterocycles. The predicted molar refractivity (Wildman–Crippen MR) is 65.8 cm³/mol. The second-order valence-electron chi connectivity index (χ2n) is 4.13. The molecule has 0 unspecified atom stereocenters. The zero-order valence-corrected chi connectivity index (χ0v) is 10.5. The average Bonchev–Trinajstić information content (AvgIpc) is 2.26. The Hall–Kier alpha value is -1.58. The van der Waals surface area contributed by atoms with Gasteiger partial charge >= 0.3 is 0 Å². The molecule has 0 spiro atoms. The lowest BCUT2D eigenvalue weighted by atomic mass is 10.1. The van der Waals surface area contributed by atoms with Gasteiger partial charge in [-0.1, -0.05) is 0 Å². The number of aromatic nitrogens is 1. The number of nitrogens with one attached hydrogen (secondary N) is 1. The summed E-state index contributed by atoms with van der Waals surface area (Å²) < 4.78 is 0. The summed E-state index contributed by atoms with van der Waals surface area (Å²) in [4.78, 5) is 18.0. The van der Waals surface area contributed by atoms with Crippen molar-refractivity contribution in [3.63, 3.8) is 0 Å². The number of hydrogen-bond acceptors (Lipinski definition) is 3. The van der Waals surface area contributed by atoms with Crippen LogP contribution in [0.4, 0.5) is 5.69 Å². The highest BCUT2D eigenvalue weighted by molar-refractivity contribution is 5.99. The molecule has 0 saturated carbocycles. The Balaban J connectivity index is 3.08. The summed E-state index contributed by atoms with van der Waals surface area (Å²) >= 11 is 0. The van der Waals surface area contributed by atoms with Gasteiger partial charge in [0.2, 0.25) is 0 Å². The van der Waals surface area contributed by atoms with Gasteiger partial charge in [0.15, 0.2) is 0 Å². The summed E-state index contributed by atoms with van der Waals surface area (Å²) in [6.45, 7) is 5.87. The molecule has 0 fully saturated rings. The lowest BCUT2D eigenvalue weighted by Gasteiger charge is -2.22. The van der Waals surface area contributed by atoms with Crippen molar-refractivity contribution < 1.29 is 4.79 Å². The van der Waals surface area contributed by atoms with Crippen molar-refractivity contribution in [2.75, 3.05) is 19.4 Å². The Bertz CT molecular complexity index is 388. The topological polar surface area (TPSA) is 45.2 Å². The van der Waals surface area contributed by atoms with E-state index in [4.69, 9.17) is 0 Å². The molecular formula is C12H19N3O. The second-order valence-corrected chi connectivity index (χ2v) is 4.13. The SMILES string of the molecule is CNc1cc(C)ncc1C(=O)N(C)C(C)C. The van der Waals surface area contributed by atoms with E-state index in [1.165, 1.54) is 0 Å². The first-order chi connectivity index (χ1) is 7.47. The molecule has 4 nitrogen and oxygen atoms in total. The third kappa shape index (κ3) is 2.51. The number of hydrogen-bond donors (Lipinski definition) is 1. The van der Waals surface area contributed by atoms with Gasteiger partial charge in [-0.3, -0.25) is 9.78 Å². The molecule has 1 amide bonds. The summed E-state index contributed by atoms with van der Waals surface area (Å²) in [7, 11) is 3.60. The number of nitrogens with zero attached hydrogens (tertiary/aromatic N) is 2. The molecule has 0 atom stereocenters. The van der Waals surface area contributed by atoms with Crippen molar-refractivity contribution in [3.05, 3.63) is 23.5 Å². The molecular weight excluding hydrogens is 202 g/mol. The molecule has 1 rings (SSSR count). The fourth-order valence-electron chi connectivity index (χ4n) is 1.36. The lowest BCUT2D eigenvalue weighted by molar-refractivity contribution is 0.0755. The van der Waals surface area contributed by atoms with Gasteiger partial charge < -0.3 is 10.2 Å². The number of aryl methyl sites for hydroxylation is 1. The maximum atomic E-state index is 12.1. The smallest absolute Gasteiger partial charge is 0.257 e. The highest BCUT2D eigenvalue weighted by Crippen LogP contribution is 2.17. The Morgan fingerprint density at radius 1 is 1.50 bits per heavy atom. The quantitative estimate of drug-likeness (QED) is 0.848. The van der Waals surface area contributed by atoms with Crippen LogP contribution in [0, 0.1) is 6.92 Å². The molecule has 1 aromatic rings. The van der Waals surface area contributed by atoms with Gasteiger partial charge in [0.05, 0.1) is 11.3 Å². The van der Waals surface area contributed by atoms with E-state index in [1.807, 2.05) is 26.8 Å². The number of pyridine rings is 1. The van der Waals surface area contributed by atoms with Crippen LogP contribution in [0.15, 0.2) is 12.3 Å². The first-order valence-electron chi connectivity index (χ1n) is 5.39. The van der Waals surface area contributed by atoms with Gasteiger partial charge in [-0.25, -0.2) is 0 Å². The van der Waals surface area contributed by atoms with E-state index in [9.17, 15) is 4.79 Å². The number of carbonyl (C=O) groups excluding carboxylic acids is 1. The van der Waals surface area contributed by atoms with E-state index in [0.29, 0.717) is 5.56 Å². The van der Waals surface area contributed by atoms with Crippen LogP contribution in [-0.2, 0) is 0 Å². The van der Waals surface area contributed by atoms with Crippen molar-refractivity contribution in [2.45, 2.75) is 26.8 Å². The minimum absolute atomic E-state index is 0.00755. The molecule has 4 heteroatoms. The van der Waals surface area contributed by atoms with E-state index in [1.54, 1.807) is 25.2 Å². The molecule has 0 aliphatic heterocycles. The normalized spacial score (nSPS) is 10.4. The van der Waals surface area contributed by atoms with Crippen LogP contribution >= 0.6 is 0 Å². The van der Waals surface area contributed by atoms with Crippen LogP contribution in [0.1, 0.15) is 29.9 Å². The fraction of sp³-hybridized carbons (Fsp3) is 0.500. The second kappa shape index (κ2) is 4.96. The third-order valence-electron chi connectivity index (χ3n) is 2.64. The highest BCUT2D eigenvalue weighted by Gasteiger charge is 2.17. The summed E-state index contributed by atoms with van der Waals surface area (Å²) in [5.74, 6) is -0.00755. The number of rotatable bonds is 3. The van der Waals surface area contributed by atoms with Crippen molar-refractivity contribution in [3.8, 4) is 0 Å². The van der Waals surface area contributed by atoms with Gasteiger partial charge in [0.25, 0.3) is 5.91 Å².